The number of halogens is 1. The molecule has 4 heteroatoms. The first kappa shape index (κ1) is 14.9. The molecule has 0 amide bonds. The van der Waals surface area contributed by atoms with Crippen molar-refractivity contribution in [3.8, 4) is 0 Å². The van der Waals surface area contributed by atoms with Gasteiger partial charge in [-0.3, -0.25) is 0 Å². The zero-order valence-electron chi connectivity index (χ0n) is 12.0. The van der Waals surface area contributed by atoms with E-state index in [9.17, 15) is 5.21 Å². The molecule has 0 aliphatic heterocycles. The van der Waals surface area contributed by atoms with Gasteiger partial charge in [0.15, 0.2) is 6.21 Å². The van der Waals surface area contributed by atoms with Gasteiger partial charge in [-0.1, -0.05) is 48.0 Å². The van der Waals surface area contributed by atoms with E-state index in [1.807, 2.05) is 36.6 Å². The smallest absolute Gasteiger partial charge is 0.217 e. The van der Waals surface area contributed by atoms with Gasteiger partial charge in [-0.2, -0.15) is 4.74 Å². The van der Waals surface area contributed by atoms with Crippen LogP contribution in [0.4, 0.5) is 5.69 Å². The van der Waals surface area contributed by atoms with E-state index in [0.29, 0.717) is 10.7 Å². The van der Waals surface area contributed by atoms with Crippen LogP contribution in [0, 0.1) is 5.21 Å². The molecule has 22 heavy (non-hydrogen) atoms. The molecule has 0 aliphatic rings. The molecular formula is C18H14ClNOS. The molecule has 3 aromatic rings. The normalized spacial score (nSPS) is 11.8. The fourth-order valence-electron chi connectivity index (χ4n) is 2.39. The Kier molecular flexibility index (Phi) is 4.36. The highest BCUT2D eigenvalue weighted by Gasteiger charge is 2.10. The van der Waals surface area contributed by atoms with E-state index in [4.69, 9.17) is 11.6 Å². The van der Waals surface area contributed by atoms with Crippen molar-refractivity contribution in [2.24, 2.45) is 0 Å². The molecule has 2 nitrogen and oxygen atoms in total. The maximum Gasteiger partial charge on any atom is 0.217 e. The topological polar surface area (TPSA) is 26.1 Å². The molecule has 0 heterocycles. The first-order chi connectivity index (χ1) is 10.7. The Hall–Kier alpha value is -1.97. The van der Waals surface area contributed by atoms with Gasteiger partial charge in [0.25, 0.3) is 0 Å². The number of rotatable bonds is 3. The lowest BCUT2D eigenvalue weighted by Gasteiger charge is -2.09. The van der Waals surface area contributed by atoms with Gasteiger partial charge >= 0.3 is 0 Å². The quantitative estimate of drug-likeness (QED) is 0.209. The highest BCUT2D eigenvalue weighted by molar-refractivity contribution is 7.98. The van der Waals surface area contributed by atoms with Gasteiger partial charge in [0.05, 0.1) is 5.56 Å². The summed E-state index contributed by atoms with van der Waals surface area (Å²) in [5.74, 6) is 0. The third-order valence-corrected chi connectivity index (χ3v) is 4.49. The third kappa shape index (κ3) is 2.96. The Labute approximate surface area is 138 Å². The summed E-state index contributed by atoms with van der Waals surface area (Å²) >= 11 is 7.59. The van der Waals surface area contributed by atoms with Crippen LogP contribution in [0.1, 0.15) is 5.56 Å². The molecule has 0 bridgehead atoms. The number of nitrogens with zero attached hydrogens (tertiary/aromatic N) is 1. The monoisotopic (exact) mass is 327 g/mol. The van der Waals surface area contributed by atoms with Crippen LogP contribution >= 0.6 is 23.4 Å². The second kappa shape index (κ2) is 6.42. The highest BCUT2D eigenvalue weighted by Crippen LogP contribution is 2.28. The van der Waals surface area contributed by atoms with E-state index >= 15 is 0 Å². The predicted molar refractivity (Wildman–Crippen MR) is 95.6 cm³/mol. The lowest BCUT2D eigenvalue weighted by Crippen LogP contribution is -2.01. The molecular weight excluding hydrogens is 314 g/mol. The van der Waals surface area contributed by atoms with Crippen molar-refractivity contribution in [1.82, 2.24) is 0 Å². The molecule has 0 aromatic heterocycles. The molecule has 0 fully saturated rings. The average molecular weight is 328 g/mol. The van der Waals surface area contributed by atoms with Crippen LogP contribution in [-0.4, -0.2) is 17.2 Å². The Balaban J connectivity index is 2.18. The third-order valence-electron chi connectivity index (χ3n) is 3.46. The number of hydrogen-bond acceptors (Lipinski definition) is 2. The van der Waals surface area contributed by atoms with E-state index in [0.717, 1.165) is 26.0 Å². The van der Waals surface area contributed by atoms with Crippen molar-refractivity contribution in [2.75, 3.05) is 6.26 Å². The van der Waals surface area contributed by atoms with Crippen LogP contribution in [0.5, 0.6) is 0 Å². The fraction of sp³-hybridized carbons (Fsp3) is 0.0556. The van der Waals surface area contributed by atoms with E-state index < -0.39 is 0 Å². The molecule has 0 unspecified atom stereocenters. The minimum absolute atomic E-state index is 0.521. The standard InChI is InChI=1S/C18H14ClNOS/c1-22-18-10-9-13-5-2-3-8-16(13)17(18)12-20(21)15-7-4-6-14(19)11-15/h2-12H,1H3. The Bertz CT molecular complexity index is 861. The van der Waals surface area contributed by atoms with Gasteiger partial charge < -0.3 is 5.21 Å². The van der Waals surface area contributed by atoms with Gasteiger partial charge in [0, 0.05) is 22.1 Å². The SMILES string of the molecule is CSc1ccc2ccccc2c1C=[N+]([O-])c1cccc(Cl)c1. The Morgan fingerprint density at radius 1 is 1.05 bits per heavy atom. The van der Waals surface area contributed by atoms with Crippen molar-refractivity contribution < 1.29 is 4.74 Å². The molecule has 0 spiro atoms. The number of hydrogen-bond donors (Lipinski definition) is 0. The summed E-state index contributed by atoms with van der Waals surface area (Å²) < 4.78 is 0.868. The molecule has 0 atom stereocenters. The van der Waals surface area contributed by atoms with Crippen molar-refractivity contribution in [3.63, 3.8) is 0 Å². The second-order valence-corrected chi connectivity index (χ2v) is 6.12. The number of fused-ring (bicyclic) bond motifs is 1. The van der Waals surface area contributed by atoms with Crippen molar-refractivity contribution >= 4 is 46.0 Å². The lowest BCUT2D eigenvalue weighted by molar-refractivity contribution is -0.354. The molecule has 0 aliphatic carbocycles. The second-order valence-electron chi connectivity index (χ2n) is 4.84. The maximum absolute atomic E-state index is 12.5. The van der Waals surface area contributed by atoms with Crippen LogP contribution in [0.25, 0.3) is 10.8 Å². The van der Waals surface area contributed by atoms with Crippen LogP contribution in [0.15, 0.2) is 65.6 Å². The van der Waals surface area contributed by atoms with Crippen LogP contribution in [-0.2, 0) is 0 Å². The first-order valence-electron chi connectivity index (χ1n) is 6.81. The summed E-state index contributed by atoms with van der Waals surface area (Å²) in [6, 6.07) is 19.1. The average Bonchev–Trinajstić information content (AvgIpc) is 2.55. The summed E-state index contributed by atoms with van der Waals surface area (Å²) in [5.41, 5.74) is 1.45. The lowest BCUT2D eigenvalue weighted by atomic mass is 10.1. The molecule has 3 aromatic carbocycles. The molecule has 3 rings (SSSR count). The minimum Gasteiger partial charge on any atom is -0.618 e. The van der Waals surface area contributed by atoms with E-state index in [1.54, 1.807) is 42.2 Å². The number of benzene rings is 3. The van der Waals surface area contributed by atoms with Gasteiger partial charge in [-0.05, 0) is 29.2 Å². The largest absolute Gasteiger partial charge is 0.618 e. The van der Waals surface area contributed by atoms with Crippen LogP contribution < -0.4 is 0 Å². The molecule has 0 N–H and O–H groups in total. The van der Waals surface area contributed by atoms with Crippen molar-refractivity contribution in [2.45, 2.75) is 4.90 Å². The Morgan fingerprint density at radius 3 is 2.64 bits per heavy atom. The summed E-state index contributed by atoms with van der Waals surface area (Å²) in [6.45, 7) is 0. The summed E-state index contributed by atoms with van der Waals surface area (Å²) in [4.78, 5) is 1.07. The summed E-state index contributed by atoms with van der Waals surface area (Å²) in [5, 5.41) is 15.2. The summed E-state index contributed by atoms with van der Waals surface area (Å²) in [6.07, 6.45) is 3.63. The van der Waals surface area contributed by atoms with Gasteiger partial charge in [-0.25, -0.2) is 0 Å². The highest BCUT2D eigenvalue weighted by atomic mass is 35.5. The number of thioether (sulfide) groups is 1. The van der Waals surface area contributed by atoms with E-state index in [2.05, 4.69) is 6.07 Å². The predicted octanol–water partition coefficient (Wildman–Crippen LogP) is 5.48. The van der Waals surface area contributed by atoms with Crippen LogP contribution in [0.2, 0.25) is 5.02 Å². The van der Waals surface area contributed by atoms with E-state index in [-0.39, 0.29) is 0 Å². The maximum atomic E-state index is 12.5. The van der Waals surface area contributed by atoms with Crippen molar-refractivity contribution in [1.29, 1.82) is 0 Å². The zero-order chi connectivity index (χ0) is 15.5. The van der Waals surface area contributed by atoms with Gasteiger partial charge in [0.2, 0.25) is 5.69 Å². The fourth-order valence-corrected chi connectivity index (χ4v) is 3.16. The van der Waals surface area contributed by atoms with E-state index in [1.165, 1.54) is 0 Å². The zero-order valence-corrected chi connectivity index (χ0v) is 13.6. The molecule has 110 valence electrons. The van der Waals surface area contributed by atoms with Gasteiger partial charge in [-0.15, -0.1) is 11.8 Å². The minimum atomic E-state index is 0.521. The molecule has 0 saturated heterocycles. The molecule has 0 radical (unpaired) electrons. The van der Waals surface area contributed by atoms with Crippen LogP contribution in [0.3, 0.4) is 0 Å². The first-order valence-corrected chi connectivity index (χ1v) is 8.42. The van der Waals surface area contributed by atoms with Gasteiger partial charge in [0.1, 0.15) is 0 Å². The van der Waals surface area contributed by atoms with Crippen molar-refractivity contribution in [3.05, 3.63) is 76.5 Å². The molecule has 0 saturated carbocycles. The Morgan fingerprint density at radius 2 is 1.86 bits per heavy atom. The summed E-state index contributed by atoms with van der Waals surface area (Å²) in [7, 11) is 0.